The lowest BCUT2D eigenvalue weighted by Crippen LogP contribution is -2.31. The zero-order valence-electron chi connectivity index (χ0n) is 15.2. The number of nitrogens with one attached hydrogen (secondary N) is 1. The number of fused-ring (bicyclic) bond motifs is 2. The van der Waals surface area contributed by atoms with Crippen molar-refractivity contribution in [2.24, 2.45) is 0 Å². The van der Waals surface area contributed by atoms with Crippen LogP contribution in [-0.2, 0) is 0 Å². The highest BCUT2D eigenvalue weighted by atomic mass is 16.3. The Bertz CT molecular complexity index is 918. The first kappa shape index (κ1) is 16.5. The van der Waals surface area contributed by atoms with Crippen LogP contribution >= 0.6 is 0 Å². The highest BCUT2D eigenvalue weighted by molar-refractivity contribution is 5.81. The summed E-state index contributed by atoms with van der Waals surface area (Å²) in [6.07, 6.45) is 0. The van der Waals surface area contributed by atoms with E-state index in [1.165, 1.54) is 16.5 Å². The van der Waals surface area contributed by atoms with Crippen LogP contribution in [0.25, 0.3) is 22.6 Å². The summed E-state index contributed by atoms with van der Waals surface area (Å²) in [6, 6.07) is 8.39. The zero-order valence-corrected chi connectivity index (χ0v) is 15.2. The molecule has 1 aliphatic heterocycles. The molecule has 1 heterocycles. The first-order chi connectivity index (χ1) is 11.6. The van der Waals surface area contributed by atoms with Gasteiger partial charge in [0.15, 0.2) is 11.3 Å². The predicted octanol–water partition coefficient (Wildman–Crippen LogP) is 3.79. The molecule has 0 bridgehead atoms. The molecule has 0 saturated carbocycles. The van der Waals surface area contributed by atoms with Gasteiger partial charge in [0.1, 0.15) is 24.3 Å². The Kier molecular flexibility index (Phi) is 4.56. The molecule has 4 nitrogen and oxygen atoms in total. The minimum Gasteiger partial charge on any atom is -0.452 e. The molecule has 0 fully saturated rings. The molecule has 0 atom stereocenters. The molecule has 4 heteroatoms. The number of nitrogens with zero attached hydrogens (tertiary/aromatic N) is 2. The predicted molar refractivity (Wildman–Crippen MR) is 101 cm³/mol. The van der Waals surface area contributed by atoms with Gasteiger partial charge in [-0.25, -0.2) is 9.56 Å². The maximum absolute atomic E-state index is 6.19. The van der Waals surface area contributed by atoms with Crippen molar-refractivity contribution in [2.45, 2.75) is 34.6 Å². The third-order valence-corrected chi connectivity index (χ3v) is 4.52. The minimum absolute atomic E-state index is 0.818. The third-order valence-electron chi connectivity index (χ3n) is 4.52. The van der Waals surface area contributed by atoms with Gasteiger partial charge in [-0.2, -0.15) is 0 Å². The Morgan fingerprint density at radius 3 is 2.42 bits per heavy atom. The molecular formula is C20H26N3O+. The number of benzene rings is 2. The lowest BCUT2D eigenvalue weighted by atomic mass is 10.1. The molecule has 1 aromatic carbocycles. The number of hydrogen-bond acceptors (Lipinski definition) is 3. The largest absolute Gasteiger partial charge is 0.452 e. The molecule has 0 unspecified atom stereocenters. The molecular weight excluding hydrogens is 298 g/mol. The van der Waals surface area contributed by atoms with Gasteiger partial charge < -0.3 is 9.73 Å². The van der Waals surface area contributed by atoms with Crippen molar-refractivity contribution in [1.82, 2.24) is 9.56 Å². The van der Waals surface area contributed by atoms with E-state index in [4.69, 9.17) is 9.40 Å². The summed E-state index contributed by atoms with van der Waals surface area (Å²) in [5.74, 6) is 0.835. The quantitative estimate of drug-likeness (QED) is 0.586. The van der Waals surface area contributed by atoms with Crippen molar-refractivity contribution in [1.29, 1.82) is 0 Å². The van der Waals surface area contributed by atoms with Crippen molar-refractivity contribution in [2.75, 3.05) is 25.0 Å². The number of aromatic nitrogens is 1. The van der Waals surface area contributed by atoms with Crippen LogP contribution in [0.15, 0.2) is 28.7 Å². The van der Waals surface area contributed by atoms with Crippen LogP contribution in [0.2, 0.25) is 0 Å². The number of anilines is 1. The summed E-state index contributed by atoms with van der Waals surface area (Å²) in [5.41, 5.74) is 6.14. The number of aryl methyl sites for hydroxylation is 2. The van der Waals surface area contributed by atoms with E-state index in [1.807, 2.05) is 0 Å². The second kappa shape index (κ2) is 6.63. The lowest BCUT2D eigenvalue weighted by Gasteiger charge is -2.11. The van der Waals surface area contributed by atoms with Gasteiger partial charge in [0.2, 0.25) is 5.36 Å². The topological polar surface area (TPSA) is 41.1 Å². The minimum atomic E-state index is 0.818. The van der Waals surface area contributed by atoms with E-state index in [1.54, 1.807) is 0 Å². The van der Waals surface area contributed by atoms with Gasteiger partial charge >= 0.3 is 0 Å². The summed E-state index contributed by atoms with van der Waals surface area (Å²) in [6.45, 7) is 13.5. The van der Waals surface area contributed by atoms with Crippen molar-refractivity contribution in [3.63, 3.8) is 0 Å². The smallest absolute Gasteiger partial charge is 0.206 e. The van der Waals surface area contributed by atoms with Crippen LogP contribution in [0.1, 0.15) is 31.9 Å². The molecule has 0 radical (unpaired) electrons. The first-order valence-corrected chi connectivity index (χ1v) is 8.75. The molecule has 1 N–H and O–H groups in total. The van der Waals surface area contributed by atoms with E-state index in [0.29, 0.717) is 0 Å². The van der Waals surface area contributed by atoms with E-state index in [-0.39, 0.29) is 0 Å². The normalized spacial score (nSPS) is 11.2. The zero-order chi connectivity index (χ0) is 17.3. The van der Waals surface area contributed by atoms with Crippen LogP contribution in [0.5, 0.6) is 0 Å². The second-order valence-corrected chi connectivity index (χ2v) is 6.16. The SMILES string of the molecule is CCNc1cc2oc3cc(=[N+](CC)CC)c(C)cc-3nc2cc1C. The lowest BCUT2D eigenvalue weighted by molar-refractivity contribution is 0.598. The summed E-state index contributed by atoms with van der Waals surface area (Å²) >= 11 is 0. The van der Waals surface area contributed by atoms with Crippen LogP contribution in [0.3, 0.4) is 0 Å². The molecule has 0 saturated heterocycles. The van der Waals surface area contributed by atoms with Crippen molar-refractivity contribution < 1.29 is 4.42 Å². The maximum Gasteiger partial charge on any atom is 0.206 e. The summed E-state index contributed by atoms with van der Waals surface area (Å²) in [4.78, 5) is 4.81. The van der Waals surface area contributed by atoms with Crippen LogP contribution in [-0.4, -0.2) is 24.6 Å². The van der Waals surface area contributed by atoms with Crippen LogP contribution < -0.4 is 15.2 Å². The Morgan fingerprint density at radius 1 is 1.00 bits per heavy atom. The summed E-state index contributed by atoms with van der Waals surface area (Å²) in [5, 5.41) is 4.60. The monoisotopic (exact) mass is 324 g/mol. The molecule has 2 aliphatic rings. The van der Waals surface area contributed by atoms with E-state index >= 15 is 0 Å². The average Bonchev–Trinajstić information content (AvgIpc) is 2.56. The Balaban J connectivity index is 2.30. The number of hydrogen-bond donors (Lipinski definition) is 1. The van der Waals surface area contributed by atoms with Crippen molar-refractivity contribution in [3.8, 4) is 11.5 Å². The highest BCUT2D eigenvalue weighted by Crippen LogP contribution is 2.28. The molecule has 1 aromatic rings. The maximum atomic E-state index is 6.19. The molecule has 24 heavy (non-hydrogen) atoms. The Labute approximate surface area is 143 Å². The summed E-state index contributed by atoms with van der Waals surface area (Å²) in [7, 11) is 0. The Morgan fingerprint density at radius 2 is 1.75 bits per heavy atom. The molecule has 0 amide bonds. The van der Waals surface area contributed by atoms with Crippen molar-refractivity contribution in [3.05, 3.63) is 40.7 Å². The fourth-order valence-corrected chi connectivity index (χ4v) is 3.21. The Hall–Kier alpha value is -2.36. The van der Waals surface area contributed by atoms with Crippen molar-refractivity contribution >= 4 is 16.8 Å². The number of rotatable bonds is 4. The first-order valence-electron chi connectivity index (χ1n) is 8.75. The van der Waals surface area contributed by atoms with Gasteiger partial charge in [0.05, 0.1) is 6.07 Å². The molecule has 0 spiro atoms. The highest BCUT2D eigenvalue weighted by Gasteiger charge is 2.15. The molecule has 1 aliphatic carbocycles. The average molecular weight is 324 g/mol. The fraction of sp³-hybridized carbons (Fsp3) is 0.400. The van der Waals surface area contributed by atoms with Gasteiger partial charge in [0.25, 0.3) is 0 Å². The third kappa shape index (κ3) is 2.88. The fourth-order valence-electron chi connectivity index (χ4n) is 3.21. The van der Waals surface area contributed by atoms with Gasteiger partial charge in [-0.05, 0) is 52.3 Å². The van der Waals surface area contributed by atoms with Gasteiger partial charge in [-0.15, -0.1) is 0 Å². The van der Waals surface area contributed by atoms with Gasteiger partial charge in [-0.3, -0.25) is 0 Å². The second-order valence-electron chi connectivity index (χ2n) is 6.16. The summed E-state index contributed by atoms with van der Waals surface area (Å²) < 4.78 is 8.53. The molecule has 3 rings (SSSR count). The van der Waals surface area contributed by atoms with E-state index in [2.05, 4.69) is 68.8 Å². The van der Waals surface area contributed by atoms with Gasteiger partial charge in [0, 0.05) is 23.9 Å². The van der Waals surface area contributed by atoms with E-state index in [9.17, 15) is 0 Å². The standard InChI is InChI=1S/C20H25N3O/c1-6-21-15-11-19-16(9-13(15)4)22-17-10-14(5)18(12-20(17)24-19)23(7-2)8-3/h9-12H,6-8H2,1-5H3/p+1. The van der Waals surface area contributed by atoms with Crippen LogP contribution in [0.4, 0.5) is 5.69 Å². The van der Waals surface area contributed by atoms with E-state index in [0.717, 1.165) is 47.9 Å². The molecule has 126 valence electrons. The van der Waals surface area contributed by atoms with E-state index < -0.39 is 0 Å². The van der Waals surface area contributed by atoms with Gasteiger partial charge in [-0.1, -0.05) is 0 Å². The van der Waals surface area contributed by atoms with Crippen LogP contribution in [0, 0.1) is 13.8 Å². The molecule has 0 aromatic heterocycles.